The molecule has 0 spiro atoms. The summed E-state index contributed by atoms with van der Waals surface area (Å²) in [6.07, 6.45) is 1.12. The van der Waals surface area contributed by atoms with Gasteiger partial charge in [0.15, 0.2) is 0 Å². The van der Waals surface area contributed by atoms with Gasteiger partial charge in [-0.3, -0.25) is 14.0 Å². The Bertz CT molecular complexity index is 562. The van der Waals surface area contributed by atoms with E-state index in [0.717, 1.165) is 0 Å². The number of halogens is 2. The van der Waals surface area contributed by atoms with Gasteiger partial charge in [0.1, 0.15) is 0 Å². The first-order valence-electron chi connectivity index (χ1n) is 11.6. The van der Waals surface area contributed by atoms with Crippen molar-refractivity contribution in [2.45, 2.75) is 85.7 Å². The molecule has 0 aromatic rings. The van der Waals surface area contributed by atoms with Crippen LogP contribution in [-0.2, 0) is 19.1 Å². The lowest BCUT2D eigenvalue weighted by Crippen LogP contribution is -2.45. The molecule has 9 heteroatoms. The van der Waals surface area contributed by atoms with Crippen LogP contribution in [0.15, 0.2) is 0 Å². The van der Waals surface area contributed by atoms with Crippen molar-refractivity contribution in [3.05, 3.63) is 0 Å². The maximum absolute atomic E-state index is 13.0. The van der Waals surface area contributed by atoms with Crippen molar-refractivity contribution >= 4 is 19.4 Å². The fraction of sp³-hybridized carbons (Fsp3) is 0.913. The van der Waals surface area contributed by atoms with Crippen LogP contribution in [0.4, 0.5) is 8.71 Å². The summed E-state index contributed by atoms with van der Waals surface area (Å²) in [5.74, 6) is -1.77. The van der Waals surface area contributed by atoms with E-state index in [4.69, 9.17) is 9.47 Å². The molecule has 0 aromatic carbocycles. The average Bonchev–Trinajstić information content (AvgIpc) is 2.69. The van der Waals surface area contributed by atoms with Gasteiger partial charge in [0.2, 0.25) is 11.8 Å². The maximum Gasteiger partial charge on any atom is 0.344 e. The van der Waals surface area contributed by atoms with Gasteiger partial charge in [-0.2, -0.15) is 0 Å². The van der Waals surface area contributed by atoms with E-state index >= 15 is 0 Å². The van der Waals surface area contributed by atoms with Crippen molar-refractivity contribution in [1.29, 1.82) is 0 Å². The van der Waals surface area contributed by atoms with Crippen molar-refractivity contribution in [2.24, 2.45) is 17.3 Å². The molecular formula is C23H45BF2N2O4. The zero-order chi connectivity index (χ0) is 24.9. The van der Waals surface area contributed by atoms with E-state index in [1.54, 1.807) is 0 Å². The molecule has 0 rings (SSSR count). The van der Waals surface area contributed by atoms with Crippen molar-refractivity contribution in [2.75, 3.05) is 33.0 Å². The number of nitrogens with one attached hydrogen (secondary N) is 2. The number of ether oxygens (including phenoxy) is 2. The first kappa shape index (κ1) is 30.8. The smallest absolute Gasteiger partial charge is 0.344 e. The van der Waals surface area contributed by atoms with Crippen LogP contribution in [0.3, 0.4) is 0 Å². The van der Waals surface area contributed by atoms with Crippen molar-refractivity contribution < 1.29 is 27.8 Å². The van der Waals surface area contributed by atoms with Crippen LogP contribution in [0.5, 0.6) is 0 Å². The summed E-state index contributed by atoms with van der Waals surface area (Å²) in [7, 11) is -0.887. The van der Waals surface area contributed by atoms with Crippen LogP contribution in [-0.4, -0.2) is 64.1 Å². The van der Waals surface area contributed by atoms with Crippen LogP contribution in [0.2, 0.25) is 5.82 Å². The van der Waals surface area contributed by atoms with E-state index in [2.05, 4.69) is 24.5 Å². The van der Waals surface area contributed by atoms with E-state index in [1.165, 1.54) is 6.92 Å². The second kappa shape index (κ2) is 14.8. The number of rotatable bonds is 17. The van der Waals surface area contributed by atoms with Gasteiger partial charge in [0.25, 0.3) is 0 Å². The van der Waals surface area contributed by atoms with Crippen molar-refractivity contribution in [3.63, 3.8) is 0 Å². The van der Waals surface area contributed by atoms with Crippen molar-refractivity contribution in [1.82, 2.24) is 10.6 Å². The third kappa shape index (κ3) is 13.4. The summed E-state index contributed by atoms with van der Waals surface area (Å²) < 4.78 is 37.2. The lowest BCUT2D eigenvalue weighted by molar-refractivity contribution is -0.124. The number of hydrogen-bond acceptors (Lipinski definition) is 4. The summed E-state index contributed by atoms with van der Waals surface area (Å²) in [5.41, 5.74) is -0.781. The third-order valence-electron chi connectivity index (χ3n) is 5.67. The van der Waals surface area contributed by atoms with Gasteiger partial charge in [0, 0.05) is 30.5 Å². The predicted octanol–water partition coefficient (Wildman–Crippen LogP) is 3.60. The highest BCUT2D eigenvalue weighted by Gasteiger charge is 2.28. The molecule has 0 aliphatic carbocycles. The largest absolute Gasteiger partial charge is 0.380 e. The predicted molar refractivity (Wildman–Crippen MR) is 126 cm³/mol. The number of carbonyl (C=O) groups is 2. The minimum Gasteiger partial charge on any atom is -0.380 e. The van der Waals surface area contributed by atoms with Gasteiger partial charge in [0.05, 0.1) is 31.8 Å². The number of amides is 2. The molecule has 2 amide bonds. The Labute approximate surface area is 194 Å². The van der Waals surface area contributed by atoms with Crippen molar-refractivity contribution in [3.8, 4) is 0 Å². The maximum atomic E-state index is 13.0. The first-order valence-corrected chi connectivity index (χ1v) is 11.6. The van der Waals surface area contributed by atoms with Crippen LogP contribution < -0.4 is 10.6 Å². The molecule has 0 saturated carbocycles. The summed E-state index contributed by atoms with van der Waals surface area (Å²) in [6.45, 7) is 16.2. The Balaban J connectivity index is 4.22. The molecular weight excluding hydrogens is 417 g/mol. The lowest BCUT2D eigenvalue weighted by atomic mass is 9.73. The summed E-state index contributed by atoms with van der Waals surface area (Å²) >= 11 is 0. The van der Waals surface area contributed by atoms with Crippen LogP contribution >= 0.6 is 0 Å². The minimum atomic E-state index is -0.984. The van der Waals surface area contributed by atoms with Crippen LogP contribution in [0.25, 0.3) is 0 Å². The average molecular weight is 462 g/mol. The molecule has 0 aliphatic rings. The molecule has 0 aromatic heterocycles. The fourth-order valence-corrected chi connectivity index (χ4v) is 2.80. The minimum absolute atomic E-state index is 0.0935. The van der Waals surface area contributed by atoms with Gasteiger partial charge >= 0.3 is 7.56 Å². The molecule has 0 bridgehead atoms. The molecule has 0 aliphatic heterocycles. The van der Waals surface area contributed by atoms with Gasteiger partial charge in [-0.05, 0) is 39.0 Å². The highest BCUT2D eigenvalue weighted by atomic mass is 19.1. The molecule has 0 heterocycles. The van der Waals surface area contributed by atoms with Gasteiger partial charge in [-0.1, -0.05) is 34.6 Å². The monoisotopic (exact) mass is 462 g/mol. The second-order valence-corrected chi connectivity index (χ2v) is 10.6. The molecule has 0 fully saturated rings. The molecule has 3 unspecified atom stereocenters. The molecule has 188 valence electrons. The molecule has 3 atom stereocenters. The highest BCUT2D eigenvalue weighted by Crippen LogP contribution is 2.20. The molecule has 32 heavy (non-hydrogen) atoms. The van der Waals surface area contributed by atoms with Gasteiger partial charge in [-0.15, -0.1) is 0 Å². The lowest BCUT2D eigenvalue weighted by Gasteiger charge is -2.28. The third-order valence-corrected chi connectivity index (χ3v) is 5.67. The number of carbonyl (C=O) groups excluding carboxylic acids is 2. The van der Waals surface area contributed by atoms with Crippen LogP contribution in [0, 0.1) is 17.3 Å². The Kier molecular flexibility index (Phi) is 14.3. The van der Waals surface area contributed by atoms with Gasteiger partial charge in [-0.25, -0.2) is 0 Å². The van der Waals surface area contributed by atoms with E-state index in [0.29, 0.717) is 25.6 Å². The van der Waals surface area contributed by atoms with E-state index in [9.17, 15) is 18.3 Å². The standard InChI is InChI=1S/C23H45BF2N2O4/c1-16(2)18(4)32-12-10-23(7,8)28-19(29)9-11-31-15-22(5,6)14-27-21(30)20(24-26)17(3)13-25/h16-18,20,24H,9-15H2,1-8H3,(H,27,30)(H,28,29). The summed E-state index contributed by atoms with van der Waals surface area (Å²) in [5, 5.41) is 5.70. The Morgan fingerprint density at radius 2 is 1.69 bits per heavy atom. The molecule has 6 nitrogen and oxygen atoms in total. The van der Waals surface area contributed by atoms with Gasteiger partial charge < -0.3 is 24.4 Å². The molecule has 2 N–H and O–H groups in total. The topological polar surface area (TPSA) is 76.7 Å². The number of alkyl halides is 1. The number of hydrogen-bond donors (Lipinski definition) is 2. The zero-order valence-corrected chi connectivity index (χ0v) is 21.4. The zero-order valence-electron chi connectivity index (χ0n) is 21.4. The quantitative estimate of drug-likeness (QED) is 0.256. The summed E-state index contributed by atoms with van der Waals surface area (Å²) in [4.78, 5) is 24.3. The van der Waals surface area contributed by atoms with Crippen LogP contribution in [0.1, 0.15) is 68.2 Å². The van der Waals surface area contributed by atoms with E-state index in [1.807, 2.05) is 34.6 Å². The highest BCUT2D eigenvalue weighted by molar-refractivity contribution is 6.36. The molecule has 0 radical (unpaired) electrons. The van der Waals surface area contributed by atoms with E-state index in [-0.39, 0.29) is 37.1 Å². The summed E-state index contributed by atoms with van der Waals surface area (Å²) in [6, 6.07) is 0. The Morgan fingerprint density at radius 1 is 1.06 bits per heavy atom. The Hall–Kier alpha value is -1.22. The Morgan fingerprint density at radius 3 is 2.22 bits per heavy atom. The normalized spacial score (nSPS) is 15.2. The van der Waals surface area contributed by atoms with E-state index < -0.39 is 37.3 Å². The molecule has 0 saturated heterocycles. The fourth-order valence-electron chi connectivity index (χ4n) is 2.80. The second-order valence-electron chi connectivity index (χ2n) is 10.6. The first-order chi connectivity index (χ1) is 14.7. The SMILES string of the molecule is CC(C)C(C)OCCC(C)(C)NC(=O)CCOCC(C)(C)CNC(=O)C(BF)C(C)CF.